The van der Waals surface area contributed by atoms with Crippen molar-refractivity contribution in [3.8, 4) is 11.4 Å². The molecule has 2 heterocycles. The van der Waals surface area contributed by atoms with Crippen molar-refractivity contribution in [3.63, 3.8) is 0 Å². The fourth-order valence-corrected chi connectivity index (χ4v) is 2.75. The summed E-state index contributed by atoms with van der Waals surface area (Å²) >= 11 is 0. The van der Waals surface area contributed by atoms with Gasteiger partial charge < -0.3 is 10.2 Å². The van der Waals surface area contributed by atoms with E-state index in [1.807, 2.05) is 6.07 Å². The van der Waals surface area contributed by atoms with E-state index in [-0.39, 0.29) is 5.82 Å². The van der Waals surface area contributed by atoms with Gasteiger partial charge in [0, 0.05) is 30.7 Å². The molecular weight excluding hydrogens is 269 g/mol. The highest BCUT2D eigenvalue weighted by atomic mass is 19.1. The van der Waals surface area contributed by atoms with Crippen LogP contribution in [-0.4, -0.2) is 40.4 Å². The number of piperazine rings is 1. The number of aromatic nitrogens is 3. The molecule has 21 heavy (non-hydrogen) atoms. The van der Waals surface area contributed by atoms with Gasteiger partial charge in [-0.1, -0.05) is 12.1 Å². The lowest BCUT2D eigenvalue weighted by Crippen LogP contribution is -2.54. The van der Waals surface area contributed by atoms with Crippen molar-refractivity contribution < 1.29 is 4.39 Å². The number of nitrogens with one attached hydrogen (secondary N) is 2. The molecule has 0 saturated carbocycles. The Bertz CT molecular complexity index is 629. The van der Waals surface area contributed by atoms with Crippen LogP contribution in [0, 0.1) is 12.7 Å². The molecule has 0 amide bonds. The van der Waals surface area contributed by atoms with Gasteiger partial charge in [0.25, 0.3) is 0 Å². The number of rotatable bonds is 2. The summed E-state index contributed by atoms with van der Waals surface area (Å²) in [6, 6.07) is 5.89. The average molecular weight is 289 g/mol. The number of aromatic amines is 1. The molecule has 5 nitrogen and oxygen atoms in total. The number of aryl methyl sites for hydroxylation is 1. The van der Waals surface area contributed by atoms with Gasteiger partial charge in [0.2, 0.25) is 5.95 Å². The topological polar surface area (TPSA) is 56.8 Å². The molecule has 1 fully saturated rings. The second-order valence-corrected chi connectivity index (χ2v) is 5.82. The van der Waals surface area contributed by atoms with E-state index in [0.29, 0.717) is 35.0 Å². The van der Waals surface area contributed by atoms with Gasteiger partial charge in [-0.25, -0.2) is 4.39 Å². The molecular formula is C15H20FN5. The molecule has 1 saturated heterocycles. The summed E-state index contributed by atoms with van der Waals surface area (Å²) in [4.78, 5) is 6.66. The van der Waals surface area contributed by atoms with Gasteiger partial charge in [-0.15, -0.1) is 5.10 Å². The van der Waals surface area contributed by atoms with E-state index < -0.39 is 0 Å². The highest BCUT2D eigenvalue weighted by Gasteiger charge is 2.23. The van der Waals surface area contributed by atoms with Crippen LogP contribution < -0.4 is 10.2 Å². The third kappa shape index (κ3) is 2.90. The van der Waals surface area contributed by atoms with E-state index in [9.17, 15) is 4.39 Å². The smallest absolute Gasteiger partial charge is 0.245 e. The van der Waals surface area contributed by atoms with Crippen molar-refractivity contribution in [2.45, 2.75) is 32.9 Å². The van der Waals surface area contributed by atoms with Gasteiger partial charge in [-0.3, -0.25) is 5.10 Å². The van der Waals surface area contributed by atoms with E-state index in [0.717, 1.165) is 13.1 Å². The Kier molecular flexibility index (Phi) is 3.63. The van der Waals surface area contributed by atoms with E-state index >= 15 is 0 Å². The van der Waals surface area contributed by atoms with E-state index in [4.69, 9.17) is 0 Å². The van der Waals surface area contributed by atoms with Crippen LogP contribution in [0.5, 0.6) is 0 Å². The molecule has 0 spiro atoms. The fraction of sp³-hybridized carbons (Fsp3) is 0.467. The van der Waals surface area contributed by atoms with Gasteiger partial charge in [0.1, 0.15) is 5.82 Å². The molecule has 1 aromatic heterocycles. The summed E-state index contributed by atoms with van der Waals surface area (Å²) in [6.07, 6.45) is 0. The summed E-state index contributed by atoms with van der Waals surface area (Å²) in [5.74, 6) is 1.05. The lowest BCUT2D eigenvalue weighted by atomic mass is 10.1. The number of hydrogen-bond acceptors (Lipinski definition) is 4. The SMILES string of the molecule is Cc1ccc(-c2nc(N3CC(C)NC(C)C3)n[nH]2)cc1F. The molecule has 112 valence electrons. The summed E-state index contributed by atoms with van der Waals surface area (Å²) < 4.78 is 13.6. The van der Waals surface area contributed by atoms with Crippen LogP contribution in [0.4, 0.5) is 10.3 Å². The van der Waals surface area contributed by atoms with Crippen molar-refractivity contribution in [3.05, 3.63) is 29.6 Å². The Hall–Kier alpha value is -1.95. The first-order chi connectivity index (χ1) is 10.0. The molecule has 1 aromatic carbocycles. The Morgan fingerprint density at radius 2 is 1.95 bits per heavy atom. The maximum atomic E-state index is 13.6. The lowest BCUT2D eigenvalue weighted by Gasteiger charge is -2.35. The molecule has 2 N–H and O–H groups in total. The fourth-order valence-electron chi connectivity index (χ4n) is 2.75. The van der Waals surface area contributed by atoms with Crippen molar-refractivity contribution in [2.24, 2.45) is 0 Å². The molecule has 0 radical (unpaired) electrons. The summed E-state index contributed by atoms with van der Waals surface area (Å²) in [5, 5.41) is 10.7. The Balaban J connectivity index is 1.84. The van der Waals surface area contributed by atoms with E-state index in [1.54, 1.807) is 13.0 Å². The van der Waals surface area contributed by atoms with Gasteiger partial charge in [-0.05, 0) is 32.4 Å². The first-order valence-electron chi connectivity index (χ1n) is 7.23. The molecule has 2 atom stereocenters. The number of halogens is 1. The van der Waals surface area contributed by atoms with Crippen LogP contribution in [0.3, 0.4) is 0 Å². The molecule has 2 unspecified atom stereocenters. The Morgan fingerprint density at radius 3 is 2.62 bits per heavy atom. The zero-order chi connectivity index (χ0) is 15.0. The largest absolute Gasteiger partial charge is 0.336 e. The van der Waals surface area contributed by atoms with Crippen LogP contribution in [0.1, 0.15) is 19.4 Å². The minimum Gasteiger partial charge on any atom is -0.336 e. The van der Waals surface area contributed by atoms with Gasteiger partial charge in [-0.2, -0.15) is 4.98 Å². The van der Waals surface area contributed by atoms with Crippen LogP contribution in [0.15, 0.2) is 18.2 Å². The second kappa shape index (κ2) is 5.44. The normalized spacial score (nSPS) is 22.6. The predicted molar refractivity (Wildman–Crippen MR) is 80.8 cm³/mol. The minimum absolute atomic E-state index is 0.227. The monoisotopic (exact) mass is 289 g/mol. The highest BCUT2D eigenvalue weighted by Crippen LogP contribution is 2.21. The van der Waals surface area contributed by atoms with E-state index in [2.05, 4.69) is 39.2 Å². The first kappa shape index (κ1) is 14.0. The summed E-state index contributed by atoms with van der Waals surface area (Å²) in [5.41, 5.74) is 1.34. The van der Waals surface area contributed by atoms with E-state index in [1.165, 1.54) is 6.07 Å². The van der Waals surface area contributed by atoms with Crippen molar-refractivity contribution in [2.75, 3.05) is 18.0 Å². The molecule has 0 bridgehead atoms. The number of nitrogens with zero attached hydrogens (tertiary/aromatic N) is 3. The molecule has 3 rings (SSSR count). The Labute approximate surface area is 123 Å². The van der Waals surface area contributed by atoms with Crippen LogP contribution in [0.25, 0.3) is 11.4 Å². The highest BCUT2D eigenvalue weighted by molar-refractivity contribution is 5.57. The summed E-state index contributed by atoms with van der Waals surface area (Å²) in [7, 11) is 0. The van der Waals surface area contributed by atoms with Crippen molar-refractivity contribution in [1.82, 2.24) is 20.5 Å². The minimum atomic E-state index is -0.227. The van der Waals surface area contributed by atoms with Gasteiger partial charge in [0.15, 0.2) is 5.82 Å². The van der Waals surface area contributed by atoms with Crippen LogP contribution >= 0.6 is 0 Å². The first-order valence-corrected chi connectivity index (χ1v) is 7.23. The van der Waals surface area contributed by atoms with Crippen molar-refractivity contribution in [1.29, 1.82) is 0 Å². The predicted octanol–water partition coefficient (Wildman–Crippen LogP) is 2.11. The maximum Gasteiger partial charge on any atom is 0.245 e. The second-order valence-electron chi connectivity index (χ2n) is 5.82. The molecule has 1 aliphatic heterocycles. The number of hydrogen-bond donors (Lipinski definition) is 2. The molecule has 6 heteroatoms. The number of benzene rings is 1. The molecule has 1 aliphatic rings. The third-order valence-electron chi connectivity index (χ3n) is 3.76. The maximum absolute atomic E-state index is 13.6. The van der Waals surface area contributed by atoms with Gasteiger partial charge >= 0.3 is 0 Å². The van der Waals surface area contributed by atoms with Crippen LogP contribution in [-0.2, 0) is 0 Å². The number of anilines is 1. The lowest BCUT2D eigenvalue weighted by molar-refractivity contribution is 0.403. The standard InChI is InChI=1S/C15H20FN5/c1-9-4-5-12(6-13(9)16)14-18-15(20-19-14)21-7-10(2)17-11(3)8-21/h4-6,10-11,17H,7-8H2,1-3H3,(H,18,19,20). The molecule has 0 aliphatic carbocycles. The Morgan fingerprint density at radius 1 is 1.24 bits per heavy atom. The quantitative estimate of drug-likeness (QED) is 0.889. The zero-order valence-corrected chi connectivity index (χ0v) is 12.5. The average Bonchev–Trinajstić information content (AvgIpc) is 2.90. The van der Waals surface area contributed by atoms with Gasteiger partial charge in [0.05, 0.1) is 0 Å². The van der Waals surface area contributed by atoms with Crippen LogP contribution in [0.2, 0.25) is 0 Å². The summed E-state index contributed by atoms with van der Waals surface area (Å²) in [6.45, 7) is 7.76. The third-order valence-corrected chi connectivity index (χ3v) is 3.76. The zero-order valence-electron chi connectivity index (χ0n) is 12.5. The number of H-pyrrole nitrogens is 1. The van der Waals surface area contributed by atoms with Crippen molar-refractivity contribution >= 4 is 5.95 Å². The molecule has 2 aromatic rings.